The van der Waals surface area contributed by atoms with E-state index in [2.05, 4.69) is 10.2 Å². The molecule has 1 fully saturated rings. The lowest BCUT2D eigenvalue weighted by molar-refractivity contribution is -0.892. The number of quaternary nitrogens is 1. The lowest BCUT2D eigenvalue weighted by Gasteiger charge is -2.33. The molecule has 8 heteroatoms. The Morgan fingerprint density at radius 3 is 2.46 bits per heavy atom. The smallest absolute Gasteiger partial charge is 0.279 e. The van der Waals surface area contributed by atoms with Gasteiger partial charge in [0.05, 0.1) is 31.9 Å². The number of nitrogens with zero attached hydrogens (tertiary/aromatic N) is 1. The molecule has 0 radical (unpaired) electrons. The summed E-state index contributed by atoms with van der Waals surface area (Å²) >= 11 is 6.01. The topological polar surface area (TPSA) is 36.8 Å². The third-order valence-corrected chi connectivity index (χ3v) is 4.57. The molecule has 0 spiro atoms. The molecule has 0 aromatic heterocycles. The Labute approximate surface area is 154 Å². The van der Waals surface area contributed by atoms with Gasteiger partial charge in [-0.2, -0.15) is 0 Å². The highest BCUT2D eigenvalue weighted by Crippen LogP contribution is 2.19. The summed E-state index contributed by atoms with van der Waals surface area (Å²) in [6, 6.07) is 8.64. The van der Waals surface area contributed by atoms with Gasteiger partial charge in [0.2, 0.25) is 0 Å². The van der Waals surface area contributed by atoms with E-state index in [4.69, 9.17) is 11.6 Å². The van der Waals surface area contributed by atoms with Crippen LogP contribution in [0.15, 0.2) is 36.4 Å². The molecule has 0 aliphatic carbocycles. The molecule has 0 unspecified atom stereocenters. The van der Waals surface area contributed by atoms with E-state index in [1.807, 2.05) is 24.3 Å². The molecule has 0 atom stereocenters. The highest BCUT2D eigenvalue weighted by atomic mass is 35.5. The molecule has 4 nitrogen and oxygen atoms in total. The van der Waals surface area contributed by atoms with Crippen LogP contribution in [0.1, 0.15) is 0 Å². The lowest BCUT2D eigenvalue weighted by Crippen LogP contribution is -3.15. The molecule has 1 aliphatic rings. The zero-order valence-corrected chi connectivity index (χ0v) is 14.6. The predicted molar refractivity (Wildman–Crippen MR) is 94.2 cm³/mol. The second-order valence-corrected chi connectivity index (χ2v) is 6.62. The van der Waals surface area contributed by atoms with Gasteiger partial charge < -0.3 is 15.1 Å². The largest absolute Gasteiger partial charge is 0.360 e. The van der Waals surface area contributed by atoms with Gasteiger partial charge in [-0.15, -0.1) is 0 Å². The van der Waals surface area contributed by atoms with Crippen LogP contribution >= 0.6 is 11.6 Å². The van der Waals surface area contributed by atoms with E-state index in [0.717, 1.165) is 36.8 Å². The van der Waals surface area contributed by atoms with Crippen LogP contribution in [0.2, 0.25) is 5.02 Å². The number of hydrogen-bond acceptors (Lipinski definition) is 2. The molecule has 0 saturated carbocycles. The Morgan fingerprint density at radius 2 is 1.77 bits per heavy atom. The first-order valence-electron chi connectivity index (χ1n) is 8.21. The van der Waals surface area contributed by atoms with Crippen LogP contribution in [0, 0.1) is 17.5 Å². The van der Waals surface area contributed by atoms with Crippen LogP contribution in [-0.2, 0) is 4.79 Å². The molecule has 1 saturated heterocycles. The Bertz CT molecular complexity index is 810. The van der Waals surface area contributed by atoms with Crippen LogP contribution in [0.4, 0.5) is 24.5 Å². The maximum atomic E-state index is 13.6. The van der Waals surface area contributed by atoms with Gasteiger partial charge in [0.15, 0.2) is 18.2 Å². The van der Waals surface area contributed by atoms with Gasteiger partial charge in [0, 0.05) is 22.8 Å². The van der Waals surface area contributed by atoms with E-state index in [0.29, 0.717) is 17.2 Å². The summed E-state index contributed by atoms with van der Waals surface area (Å²) < 4.78 is 39.7. The minimum atomic E-state index is -1.29. The normalized spacial score (nSPS) is 15.2. The van der Waals surface area contributed by atoms with Crippen molar-refractivity contribution in [1.29, 1.82) is 0 Å². The van der Waals surface area contributed by atoms with Gasteiger partial charge in [-0.1, -0.05) is 17.7 Å². The molecule has 3 rings (SSSR count). The van der Waals surface area contributed by atoms with Crippen molar-refractivity contribution in [3.63, 3.8) is 0 Å². The molecule has 1 amide bonds. The number of halogens is 4. The van der Waals surface area contributed by atoms with Crippen LogP contribution in [0.3, 0.4) is 0 Å². The fourth-order valence-electron chi connectivity index (χ4n) is 2.97. The van der Waals surface area contributed by atoms with E-state index in [-0.39, 0.29) is 12.2 Å². The Kier molecular flexibility index (Phi) is 5.68. The average molecular weight is 385 g/mol. The first kappa shape index (κ1) is 18.5. The predicted octanol–water partition coefficient (Wildman–Crippen LogP) is 2.10. The standard InChI is InChI=1S/C18H17ClF3N3O/c19-12-2-1-3-13(8-12)25-6-4-24(5-7-25)11-18(26)23-17-10-15(21)14(20)9-16(17)22/h1-3,8-10H,4-7,11H2,(H,23,26)/p+1. The zero-order chi connectivity index (χ0) is 18.7. The van der Waals surface area contributed by atoms with Crippen molar-refractivity contribution < 1.29 is 22.9 Å². The van der Waals surface area contributed by atoms with Gasteiger partial charge in [0.1, 0.15) is 5.82 Å². The average Bonchev–Trinajstić information content (AvgIpc) is 2.60. The molecule has 1 aliphatic heterocycles. The second kappa shape index (κ2) is 7.97. The van der Waals surface area contributed by atoms with Gasteiger partial charge in [-0.05, 0) is 18.2 Å². The number of piperazine rings is 1. The van der Waals surface area contributed by atoms with Crippen molar-refractivity contribution in [2.45, 2.75) is 0 Å². The summed E-state index contributed by atoms with van der Waals surface area (Å²) in [6.07, 6.45) is 0. The molecule has 2 aromatic carbocycles. The first-order chi connectivity index (χ1) is 12.4. The van der Waals surface area contributed by atoms with E-state index in [9.17, 15) is 18.0 Å². The third kappa shape index (κ3) is 4.47. The molecule has 138 valence electrons. The molecule has 2 aromatic rings. The number of nitrogens with one attached hydrogen (secondary N) is 2. The molecule has 26 heavy (non-hydrogen) atoms. The highest BCUT2D eigenvalue weighted by Gasteiger charge is 2.23. The van der Waals surface area contributed by atoms with Crippen LogP contribution in [0.5, 0.6) is 0 Å². The molecule has 0 bridgehead atoms. The van der Waals surface area contributed by atoms with Gasteiger partial charge in [-0.25, -0.2) is 13.2 Å². The van der Waals surface area contributed by atoms with Gasteiger partial charge in [-0.3, -0.25) is 4.79 Å². The van der Waals surface area contributed by atoms with E-state index in [1.54, 1.807) is 0 Å². The van der Waals surface area contributed by atoms with Crippen molar-refractivity contribution in [3.8, 4) is 0 Å². The number of amides is 1. The van der Waals surface area contributed by atoms with Crippen molar-refractivity contribution in [1.82, 2.24) is 0 Å². The SMILES string of the molecule is O=C(C[NH+]1CCN(c2cccc(Cl)c2)CC1)Nc1cc(F)c(F)cc1F. The fraction of sp³-hybridized carbons (Fsp3) is 0.278. The van der Waals surface area contributed by atoms with Crippen molar-refractivity contribution in [3.05, 3.63) is 58.9 Å². The molecular weight excluding hydrogens is 367 g/mol. The monoisotopic (exact) mass is 384 g/mol. The lowest BCUT2D eigenvalue weighted by atomic mass is 10.2. The quantitative estimate of drug-likeness (QED) is 0.792. The summed E-state index contributed by atoms with van der Waals surface area (Å²) in [7, 11) is 0. The minimum Gasteiger partial charge on any atom is -0.360 e. The maximum absolute atomic E-state index is 13.6. The molecule has 1 heterocycles. The van der Waals surface area contributed by atoms with Crippen molar-refractivity contribution in [2.24, 2.45) is 0 Å². The van der Waals surface area contributed by atoms with E-state index < -0.39 is 23.4 Å². The van der Waals surface area contributed by atoms with Crippen LogP contribution in [-0.4, -0.2) is 38.6 Å². The number of hydrogen-bond donors (Lipinski definition) is 2. The number of carbonyl (C=O) groups excluding carboxylic acids is 1. The van der Waals surface area contributed by atoms with Crippen molar-refractivity contribution >= 4 is 28.9 Å². The number of carbonyl (C=O) groups is 1. The van der Waals surface area contributed by atoms with E-state index in [1.165, 1.54) is 0 Å². The molecular formula is C18H18ClF3N3O+. The number of benzene rings is 2. The first-order valence-corrected chi connectivity index (χ1v) is 8.58. The third-order valence-electron chi connectivity index (χ3n) is 4.34. The Balaban J connectivity index is 1.53. The van der Waals surface area contributed by atoms with Gasteiger partial charge in [0.25, 0.3) is 5.91 Å². The van der Waals surface area contributed by atoms with Gasteiger partial charge >= 0.3 is 0 Å². The minimum absolute atomic E-state index is 0.127. The maximum Gasteiger partial charge on any atom is 0.279 e. The van der Waals surface area contributed by atoms with E-state index >= 15 is 0 Å². The summed E-state index contributed by atoms with van der Waals surface area (Å²) in [4.78, 5) is 15.3. The summed E-state index contributed by atoms with van der Waals surface area (Å²) in [5.74, 6) is -3.94. The van der Waals surface area contributed by atoms with Crippen LogP contribution in [0.25, 0.3) is 0 Å². The zero-order valence-electron chi connectivity index (χ0n) is 13.9. The summed E-state index contributed by atoms with van der Waals surface area (Å²) in [6.45, 7) is 3.08. The Morgan fingerprint density at radius 1 is 1.08 bits per heavy atom. The Hall–Kier alpha value is -2.25. The van der Waals surface area contributed by atoms with Crippen molar-refractivity contribution in [2.75, 3.05) is 42.9 Å². The van der Waals surface area contributed by atoms with Crippen LogP contribution < -0.4 is 15.1 Å². The fourth-order valence-corrected chi connectivity index (χ4v) is 3.16. The highest BCUT2D eigenvalue weighted by molar-refractivity contribution is 6.30. The number of anilines is 2. The summed E-state index contributed by atoms with van der Waals surface area (Å²) in [5.41, 5.74) is 0.677. The number of rotatable bonds is 4. The summed E-state index contributed by atoms with van der Waals surface area (Å²) in [5, 5.41) is 2.97. The second-order valence-electron chi connectivity index (χ2n) is 6.19. The molecule has 2 N–H and O–H groups in total.